The number of hydrogen-bond acceptors (Lipinski definition) is 5. The summed E-state index contributed by atoms with van der Waals surface area (Å²) in [5.74, 6) is -0.184. The van der Waals surface area contributed by atoms with Crippen molar-refractivity contribution in [2.24, 2.45) is 0 Å². The second kappa shape index (κ2) is 9.54. The molecule has 3 rings (SSSR count). The molecule has 0 unspecified atom stereocenters. The fourth-order valence-corrected chi connectivity index (χ4v) is 3.69. The molecule has 6 nitrogen and oxygen atoms in total. The van der Waals surface area contributed by atoms with E-state index in [9.17, 15) is 9.59 Å². The number of carbonyl (C=O) groups is 2. The molecule has 0 fully saturated rings. The minimum absolute atomic E-state index is 0.125. The number of anilines is 1. The summed E-state index contributed by atoms with van der Waals surface area (Å²) in [5, 5.41) is 5.75. The third-order valence-electron chi connectivity index (χ3n) is 4.13. The molecule has 0 bridgehead atoms. The van der Waals surface area contributed by atoms with E-state index in [1.54, 1.807) is 30.6 Å². The molecule has 0 aliphatic carbocycles. The maximum Gasteiger partial charge on any atom is 0.273 e. The van der Waals surface area contributed by atoms with Crippen molar-refractivity contribution in [1.29, 1.82) is 0 Å². The molecule has 8 heteroatoms. The van der Waals surface area contributed by atoms with Gasteiger partial charge in [0.15, 0.2) is 0 Å². The maximum absolute atomic E-state index is 12.6. The van der Waals surface area contributed by atoms with Crippen molar-refractivity contribution in [3.8, 4) is 5.75 Å². The van der Waals surface area contributed by atoms with Crippen molar-refractivity contribution >= 4 is 40.4 Å². The molecule has 29 heavy (non-hydrogen) atoms. The molecule has 0 saturated heterocycles. The van der Waals surface area contributed by atoms with E-state index in [0.717, 1.165) is 10.6 Å². The van der Waals surface area contributed by atoms with Crippen LogP contribution < -0.4 is 10.1 Å². The molecule has 1 aromatic heterocycles. The number of likely N-dealkylation sites (N-methyl/N-ethyl adjacent to an activating group) is 1. The molecule has 1 heterocycles. The number of carbonyl (C=O) groups excluding carboxylic acids is 2. The average molecular weight is 430 g/mol. The Bertz CT molecular complexity index is 1010. The zero-order valence-corrected chi connectivity index (χ0v) is 17.6. The van der Waals surface area contributed by atoms with Gasteiger partial charge < -0.3 is 15.0 Å². The minimum atomic E-state index is -0.360. The number of nitrogens with one attached hydrogen (secondary N) is 1. The third kappa shape index (κ3) is 5.56. The molecule has 1 N–H and O–H groups in total. The summed E-state index contributed by atoms with van der Waals surface area (Å²) >= 11 is 7.40. The molecular weight excluding hydrogens is 410 g/mol. The Hall–Kier alpha value is -2.90. The predicted octanol–water partition coefficient (Wildman–Crippen LogP) is 4.11. The first-order chi connectivity index (χ1) is 14.0. The predicted molar refractivity (Wildman–Crippen MR) is 115 cm³/mol. The van der Waals surface area contributed by atoms with Crippen LogP contribution in [-0.4, -0.2) is 42.4 Å². The van der Waals surface area contributed by atoms with E-state index in [1.165, 1.54) is 23.3 Å². The summed E-state index contributed by atoms with van der Waals surface area (Å²) in [5.41, 5.74) is 1.91. The van der Waals surface area contributed by atoms with Gasteiger partial charge in [0.25, 0.3) is 5.91 Å². The SMILES string of the molecule is COc1ccc(Cl)cc1NC(=O)CN(C)C(=O)c1csc(Cc2ccccc2)n1. The van der Waals surface area contributed by atoms with E-state index < -0.39 is 0 Å². The van der Waals surface area contributed by atoms with Crippen LogP contribution in [0.25, 0.3) is 0 Å². The Balaban J connectivity index is 1.60. The topological polar surface area (TPSA) is 71.5 Å². The third-order valence-corrected chi connectivity index (χ3v) is 5.22. The number of thiazole rings is 1. The first-order valence-corrected chi connectivity index (χ1v) is 10.1. The highest BCUT2D eigenvalue weighted by atomic mass is 35.5. The lowest BCUT2D eigenvalue weighted by Gasteiger charge is -2.16. The Morgan fingerprint density at radius 3 is 2.69 bits per heavy atom. The van der Waals surface area contributed by atoms with Crippen LogP contribution >= 0.6 is 22.9 Å². The molecule has 150 valence electrons. The van der Waals surface area contributed by atoms with Crippen molar-refractivity contribution in [1.82, 2.24) is 9.88 Å². The van der Waals surface area contributed by atoms with Crippen molar-refractivity contribution in [3.05, 3.63) is 75.2 Å². The van der Waals surface area contributed by atoms with Gasteiger partial charge in [0, 0.05) is 23.9 Å². The smallest absolute Gasteiger partial charge is 0.273 e. The number of nitrogens with zero attached hydrogens (tertiary/aromatic N) is 2. The lowest BCUT2D eigenvalue weighted by Crippen LogP contribution is -2.35. The van der Waals surface area contributed by atoms with Crippen molar-refractivity contribution < 1.29 is 14.3 Å². The monoisotopic (exact) mass is 429 g/mol. The minimum Gasteiger partial charge on any atom is -0.495 e. The quantitative estimate of drug-likeness (QED) is 0.613. The Morgan fingerprint density at radius 1 is 1.21 bits per heavy atom. The van der Waals surface area contributed by atoms with Crippen LogP contribution in [0.1, 0.15) is 21.1 Å². The summed E-state index contributed by atoms with van der Waals surface area (Å²) in [6.07, 6.45) is 0.664. The average Bonchev–Trinajstić information content (AvgIpc) is 3.16. The molecule has 0 aliphatic heterocycles. The molecule has 0 saturated carbocycles. The van der Waals surface area contributed by atoms with Gasteiger partial charge in [-0.2, -0.15) is 0 Å². The molecule has 0 aliphatic rings. The van der Waals surface area contributed by atoms with E-state index in [4.69, 9.17) is 16.3 Å². The summed E-state index contributed by atoms with van der Waals surface area (Å²) in [4.78, 5) is 30.7. The highest BCUT2D eigenvalue weighted by Crippen LogP contribution is 2.27. The number of benzene rings is 2. The zero-order chi connectivity index (χ0) is 20.8. The van der Waals surface area contributed by atoms with Gasteiger partial charge in [-0.1, -0.05) is 41.9 Å². The van der Waals surface area contributed by atoms with Gasteiger partial charge >= 0.3 is 0 Å². The number of amides is 2. The Morgan fingerprint density at radius 2 is 1.97 bits per heavy atom. The Kier molecular flexibility index (Phi) is 6.85. The summed E-state index contributed by atoms with van der Waals surface area (Å²) in [6, 6.07) is 14.9. The first-order valence-electron chi connectivity index (χ1n) is 8.83. The number of rotatable bonds is 7. The zero-order valence-electron chi connectivity index (χ0n) is 16.0. The van der Waals surface area contributed by atoms with Crippen LogP contribution in [0.5, 0.6) is 5.75 Å². The van der Waals surface area contributed by atoms with Crippen LogP contribution in [0.15, 0.2) is 53.9 Å². The normalized spacial score (nSPS) is 10.4. The number of aromatic nitrogens is 1. The molecule has 2 amide bonds. The summed E-state index contributed by atoms with van der Waals surface area (Å²) in [7, 11) is 3.07. The second-order valence-electron chi connectivity index (χ2n) is 6.34. The van der Waals surface area contributed by atoms with Gasteiger partial charge in [-0.05, 0) is 23.8 Å². The fourth-order valence-electron chi connectivity index (χ4n) is 2.71. The lowest BCUT2D eigenvalue weighted by molar-refractivity contribution is -0.116. The fraction of sp³-hybridized carbons (Fsp3) is 0.190. The van der Waals surface area contributed by atoms with Crippen LogP contribution in [0.3, 0.4) is 0 Å². The number of ether oxygens (including phenoxy) is 1. The van der Waals surface area contributed by atoms with Gasteiger partial charge in [0.1, 0.15) is 11.4 Å². The van der Waals surface area contributed by atoms with E-state index >= 15 is 0 Å². The Labute approximate surface area is 178 Å². The van der Waals surface area contributed by atoms with Gasteiger partial charge in [0.05, 0.1) is 24.3 Å². The van der Waals surface area contributed by atoms with Gasteiger partial charge in [-0.15, -0.1) is 11.3 Å². The van der Waals surface area contributed by atoms with Crippen LogP contribution in [0.2, 0.25) is 5.02 Å². The molecule has 0 radical (unpaired) electrons. The van der Waals surface area contributed by atoms with Gasteiger partial charge in [-0.25, -0.2) is 4.98 Å². The van der Waals surface area contributed by atoms with E-state index in [1.807, 2.05) is 30.3 Å². The number of methoxy groups -OCH3 is 1. The standard InChI is InChI=1S/C21H20ClN3O3S/c1-25(12-19(26)23-16-11-15(22)8-9-18(16)28-2)21(27)17-13-29-20(24-17)10-14-6-4-3-5-7-14/h3-9,11,13H,10,12H2,1-2H3,(H,23,26). The molecular formula is C21H20ClN3O3S. The largest absolute Gasteiger partial charge is 0.495 e. The summed E-state index contributed by atoms with van der Waals surface area (Å²) < 4.78 is 5.21. The number of hydrogen-bond donors (Lipinski definition) is 1. The molecule has 0 spiro atoms. The highest BCUT2D eigenvalue weighted by Gasteiger charge is 2.19. The van der Waals surface area contributed by atoms with Crippen molar-refractivity contribution in [2.75, 3.05) is 26.0 Å². The van der Waals surface area contributed by atoms with E-state index in [-0.39, 0.29) is 18.4 Å². The van der Waals surface area contributed by atoms with Crippen LogP contribution in [0.4, 0.5) is 5.69 Å². The first kappa shape index (κ1) is 20.8. The van der Waals surface area contributed by atoms with Crippen LogP contribution in [-0.2, 0) is 11.2 Å². The van der Waals surface area contributed by atoms with Crippen LogP contribution in [0, 0.1) is 0 Å². The van der Waals surface area contributed by atoms with Crippen molar-refractivity contribution in [2.45, 2.75) is 6.42 Å². The van der Waals surface area contributed by atoms with Crippen molar-refractivity contribution in [3.63, 3.8) is 0 Å². The maximum atomic E-state index is 12.6. The van der Waals surface area contributed by atoms with Gasteiger partial charge in [0.2, 0.25) is 5.91 Å². The van der Waals surface area contributed by atoms with E-state index in [0.29, 0.717) is 28.6 Å². The lowest BCUT2D eigenvalue weighted by atomic mass is 10.2. The number of halogens is 1. The highest BCUT2D eigenvalue weighted by molar-refractivity contribution is 7.09. The molecule has 3 aromatic rings. The molecule has 2 aromatic carbocycles. The van der Waals surface area contributed by atoms with E-state index in [2.05, 4.69) is 10.3 Å². The molecule has 0 atom stereocenters. The summed E-state index contributed by atoms with van der Waals surface area (Å²) in [6.45, 7) is -0.125. The second-order valence-corrected chi connectivity index (χ2v) is 7.72. The van der Waals surface area contributed by atoms with Gasteiger partial charge in [-0.3, -0.25) is 9.59 Å².